The average Bonchev–Trinajstić information content (AvgIpc) is 2.70. The summed E-state index contributed by atoms with van der Waals surface area (Å²) in [7, 11) is 1.49. The van der Waals surface area contributed by atoms with Gasteiger partial charge in [0.05, 0.1) is 30.7 Å². The average molecular weight is 274 g/mol. The maximum atomic E-state index is 12.3. The van der Waals surface area contributed by atoms with Gasteiger partial charge in [-0.25, -0.2) is 0 Å². The fourth-order valence-electron chi connectivity index (χ4n) is 2.68. The van der Waals surface area contributed by atoms with Gasteiger partial charge in [-0.15, -0.1) is 0 Å². The summed E-state index contributed by atoms with van der Waals surface area (Å²) in [5.41, 5.74) is 1.07. The van der Waals surface area contributed by atoms with Crippen LogP contribution in [-0.4, -0.2) is 30.3 Å². The molecule has 1 amide bonds. The highest BCUT2D eigenvalue weighted by Crippen LogP contribution is 2.34. The van der Waals surface area contributed by atoms with Crippen LogP contribution >= 0.6 is 0 Å². The third-order valence-corrected chi connectivity index (χ3v) is 3.87. The molecule has 2 rings (SSSR count). The molecule has 1 aromatic rings. The van der Waals surface area contributed by atoms with Crippen molar-refractivity contribution in [2.24, 2.45) is 5.92 Å². The Morgan fingerprint density at radius 3 is 2.75 bits per heavy atom. The second kappa shape index (κ2) is 5.51. The summed E-state index contributed by atoms with van der Waals surface area (Å²) in [5, 5.41) is 19.1. The van der Waals surface area contributed by atoms with Gasteiger partial charge >= 0.3 is 0 Å². The number of nitrogens with zero attached hydrogens (tertiary/aromatic N) is 2. The van der Waals surface area contributed by atoms with E-state index in [9.17, 15) is 9.90 Å². The van der Waals surface area contributed by atoms with E-state index in [-0.39, 0.29) is 11.9 Å². The Bertz CT molecular complexity index is 565. The molecule has 0 saturated carbocycles. The van der Waals surface area contributed by atoms with Crippen LogP contribution in [0, 0.1) is 17.2 Å². The summed E-state index contributed by atoms with van der Waals surface area (Å²) in [6.07, 6.45) is -0.00586. The smallest absolute Gasteiger partial charge is 0.232 e. The molecule has 1 fully saturated rings. The molecule has 106 valence electrons. The van der Waals surface area contributed by atoms with Gasteiger partial charge in [0.1, 0.15) is 11.8 Å². The van der Waals surface area contributed by atoms with Crippen LogP contribution in [0.15, 0.2) is 18.2 Å². The first-order valence-corrected chi connectivity index (χ1v) is 6.64. The number of carbonyl (C=O) groups excluding carboxylic acids is 1. The second-order valence-corrected chi connectivity index (χ2v) is 4.96. The first-order valence-electron chi connectivity index (χ1n) is 6.64. The Kier molecular flexibility index (Phi) is 3.96. The summed E-state index contributed by atoms with van der Waals surface area (Å²) < 4.78 is 5.17. The number of hydrogen-bond donors (Lipinski definition) is 1. The number of methoxy groups -OCH3 is 1. The number of benzene rings is 1. The Morgan fingerprint density at radius 2 is 2.20 bits per heavy atom. The van der Waals surface area contributed by atoms with Crippen LogP contribution in [0.1, 0.15) is 25.8 Å². The van der Waals surface area contributed by atoms with Crippen LogP contribution in [0.4, 0.5) is 5.69 Å². The van der Waals surface area contributed by atoms with Crippen molar-refractivity contribution in [3.8, 4) is 11.8 Å². The fourth-order valence-corrected chi connectivity index (χ4v) is 2.68. The number of carbonyl (C=O) groups is 1. The molecule has 20 heavy (non-hydrogen) atoms. The van der Waals surface area contributed by atoms with Crippen molar-refractivity contribution in [3.63, 3.8) is 0 Å². The van der Waals surface area contributed by atoms with E-state index in [1.54, 1.807) is 30.0 Å². The lowest BCUT2D eigenvalue weighted by Gasteiger charge is -2.25. The third kappa shape index (κ3) is 2.12. The summed E-state index contributed by atoms with van der Waals surface area (Å²) >= 11 is 0. The fraction of sp³-hybridized carbons (Fsp3) is 0.467. The predicted octanol–water partition coefficient (Wildman–Crippen LogP) is 1.69. The van der Waals surface area contributed by atoms with Gasteiger partial charge in [-0.3, -0.25) is 4.79 Å². The van der Waals surface area contributed by atoms with Crippen molar-refractivity contribution in [1.82, 2.24) is 0 Å². The molecule has 1 aliphatic rings. The number of rotatable bonds is 3. The van der Waals surface area contributed by atoms with Crippen LogP contribution in [0.3, 0.4) is 0 Å². The predicted molar refractivity (Wildman–Crippen MR) is 74.4 cm³/mol. The largest absolute Gasteiger partial charge is 0.495 e. The molecule has 0 radical (unpaired) electrons. The number of aliphatic hydroxyl groups is 1. The van der Waals surface area contributed by atoms with Crippen LogP contribution in [0.2, 0.25) is 0 Å². The molecule has 0 spiro atoms. The summed E-state index contributed by atoms with van der Waals surface area (Å²) in [5.74, 6) is -0.0839. The molecule has 1 aliphatic heterocycles. The Hall–Kier alpha value is -2.06. The molecule has 1 heterocycles. The number of hydrogen-bond acceptors (Lipinski definition) is 4. The first kappa shape index (κ1) is 14.4. The molecule has 0 aromatic heterocycles. The van der Waals surface area contributed by atoms with Gasteiger partial charge in [-0.05, 0) is 18.6 Å². The van der Waals surface area contributed by atoms with Crippen LogP contribution in [0.25, 0.3) is 0 Å². The third-order valence-electron chi connectivity index (χ3n) is 3.87. The highest BCUT2D eigenvalue weighted by atomic mass is 16.5. The highest BCUT2D eigenvalue weighted by Gasteiger charge is 2.44. The van der Waals surface area contributed by atoms with Crippen molar-refractivity contribution in [2.45, 2.75) is 32.4 Å². The molecular weight excluding hydrogens is 256 g/mol. The topological polar surface area (TPSA) is 73.6 Å². The number of ether oxygens (including phenoxy) is 1. The minimum atomic E-state index is -0.672. The lowest BCUT2D eigenvalue weighted by molar-refractivity contribution is -0.121. The minimum absolute atomic E-state index is 0.101. The van der Waals surface area contributed by atoms with Crippen LogP contribution < -0.4 is 9.64 Å². The quantitative estimate of drug-likeness (QED) is 0.910. The standard InChI is InChI=1S/C15H18N2O3/c1-4-12-14(18)9(2)15(19)17(12)11-6-5-10(8-16)13(7-11)20-3/h5-7,9,12,14,18H,4H2,1-3H3. The molecule has 5 nitrogen and oxygen atoms in total. The number of aliphatic hydroxyl groups excluding tert-OH is 1. The minimum Gasteiger partial charge on any atom is -0.495 e. The van der Waals surface area contributed by atoms with Crippen molar-refractivity contribution in [2.75, 3.05) is 12.0 Å². The molecule has 3 unspecified atom stereocenters. The molecule has 1 saturated heterocycles. The van der Waals surface area contributed by atoms with E-state index < -0.39 is 12.0 Å². The number of anilines is 1. The highest BCUT2D eigenvalue weighted by molar-refractivity contribution is 5.98. The first-order chi connectivity index (χ1) is 9.54. The van der Waals surface area contributed by atoms with Gasteiger partial charge in [-0.2, -0.15) is 5.26 Å². The molecule has 0 aliphatic carbocycles. The van der Waals surface area contributed by atoms with E-state index in [0.29, 0.717) is 23.4 Å². The van der Waals surface area contributed by atoms with E-state index in [4.69, 9.17) is 10.00 Å². The molecular formula is C15H18N2O3. The summed E-state index contributed by atoms with van der Waals surface area (Å²) in [6.45, 7) is 3.67. The normalized spacial score (nSPS) is 25.6. The van der Waals surface area contributed by atoms with Gasteiger partial charge in [0.15, 0.2) is 0 Å². The van der Waals surface area contributed by atoms with Gasteiger partial charge in [-0.1, -0.05) is 13.8 Å². The zero-order valence-corrected chi connectivity index (χ0v) is 11.8. The monoisotopic (exact) mass is 274 g/mol. The maximum absolute atomic E-state index is 12.3. The summed E-state index contributed by atoms with van der Waals surface area (Å²) in [4.78, 5) is 13.9. The molecule has 1 aromatic carbocycles. The van der Waals surface area contributed by atoms with Gasteiger partial charge < -0.3 is 14.7 Å². The van der Waals surface area contributed by atoms with Crippen molar-refractivity contribution in [3.05, 3.63) is 23.8 Å². The Labute approximate surface area is 118 Å². The molecule has 0 bridgehead atoms. The Morgan fingerprint density at radius 1 is 1.50 bits per heavy atom. The van der Waals surface area contributed by atoms with Crippen molar-refractivity contribution >= 4 is 11.6 Å². The van der Waals surface area contributed by atoms with E-state index in [0.717, 1.165) is 0 Å². The van der Waals surface area contributed by atoms with Crippen LogP contribution in [-0.2, 0) is 4.79 Å². The van der Waals surface area contributed by atoms with Crippen molar-refractivity contribution < 1.29 is 14.6 Å². The Balaban J connectivity index is 2.45. The number of nitriles is 1. The maximum Gasteiger partial charge on any atom is 0.232 e. The van der Waals surface area contributed by atoms with Crippen molar-refractivity contribution in [1.29, 1.82) is 5.26 Å². The van der Waals surface area contributed by atoms with Gasteiger partial charge in [0.25, 0.3) is 0 Å². The molecule has 1 N–H and O–H groups in total. The summed E-state index contributed by atoms with van der Waals surface area (Å²) in [6, 6.07) is 6.81. The van der Waals surface area contributed by atoms with Gasteiger partial charge in [0.2, 0.25) is 5.91 Å². The molecule has 3 atom stereocenters. The van der Waals surface area contributed by atoms with E-state index >= 15 is 0 Å². The molecule has 5 heteroatoms. The lowest BCUT2D eigenvalue weighted by Crippen LogP contribution is -2.36. The lowest BCUT2D eigenvalue weighted by atomic mass is 10.0. The zero-order valence-electron chi connectivity index (χ0n) is 11.8. The SMILES string of the molecule is CCC1C(O)C(C)C(=O)N1c1ccc(C#N)c(OC)c1. The van der Waals surface area contributed by atoms with E-state index in [2.05, 4.69) is 0 Å². The van der Waals surface area contributed by atoms with E-state index in [1.165, 1.54) is 7.11 Å². The zero-order chi connectivity index (χ0) is 14.9. The van der Waals surface area contributed by atoms with E-state index in [1.807, 2.05) is 13.0 Å². The van der Waals surface area contributed by atoms with Gasteiger partial charge in [0, 0.05) is 11.8 Å². The second-order valence-electron chi connectivity index (χ2n) is 4.96. The number of amides is 1. The van der Waals surface area contributed by atoms with Crippen LogP contribution in [0.5, 0.6) is 5.75 Å².